The fourth-order valence-corrected chi connectivity index (χ4v) is 1.62. The second-order valence-corrected chi connectivity index (χ2v) is 4.24. The molecule has 8 nitrogen and oxygen atoms in total. The van der Waals surface area contributed by atoms with Crippen molar-refractivity contribution in [1.82, 2.24) is 0 Å². The van der Waals surface area contributed by atoms with Gasteiger partial charge in [0, 0.05) is 0 Å². The minimum absolute atomic E-state index is 0.0289. The van der Waals surface area contributed by atoms with Crippen LogP contribution in [-0.2, 0) is 14.4 Å². The minimum atomic E-state index is -2.27. The maximum absolute atomic E-state index is 10.4. The Balaban J connectivity index is 0.000000342. The number of aliphatic hydroxyl groups is 2. The molecule has 0 aromatic heterocycles. The third-order valence-electron chi connectivity index (χ3n) is 2.76. The van der Waals surface area contributed by atoms with E-state index in [1.807, 2.05) is 0 Å². The summed E-state index contributed by atoms with van der Waals surface area (Å²) in [7, 11) is 0. The largest absolute Gasteiger partial charge is 0.481 e. The molecule has 110 valence electrons. The molecule has 1 rings (SSSR count). The highest BCUT2D eigenvalue weighted by molar-refractivity contribution is 5.83. The van der Waals surface area contributed by atoms with Crippen molar-refractivity contribution < 1.29 is 39.9 Å². The Hall–Kier alpha value is -1.67. The number of carbonyl (C=O) groups is 3. The third-order valence-corrected chi connectivity index (χ3v) is 2.76. The van der Waals surface area contributed by atoms with E-state index in [4.69, 9.17) is 25.5 Å². The fourth-order valence-electron chi connectivity index (χ4n) is 1.62. The maximum atomic E-state index is 10.4. The molecular weight excluding hydrogens is 260 g/mol. The first kappa shape index (κ1) is 17.3. The van der Waals surface area contributed by atoms with Crippen molar-refractivity contribution in [3.8, 4) is 0 Å². The van der Waals surface area contributed by atoms with Crippen molar-refractivity contribution >= 4 is 17.9 Å². The van der Waals surface area contributed by atoms with Gasteiger partial charge in [-0.15, -0.1) is 0 Å². The molecule has 1 aliphatic rings. The Labute approximate surface area is 109 Å². The number of aliphatic carboxylic acids is 3. The maximum Gasteiger partial charge on any atom is 0.335 e. The molecule has 19 heavy (non-hydrogen) atoms. The summed E-state index contributed by atoms with van der Waals surface area (Å²) in [6.45, 7) is 0. The van der Waals surface area contributed by atoms with Gasteiger partial charge < -0.3 is 25.5 Å². The lowest BCUT2D eigenvalue weighted by Gasteiger charge is -2.16. The van der Waals surface area contributed by atoms with Gasteiger partial charge in [-0.3, -0.25) is 4.79 Å². The first-order valence-electron chi connectivity index (χ1n) is 5.82. The molecule has 8 heteroatoms. The monoisotopic (exact) mass is 278 g/mol. The van der Waals surface area contributed by atoms with Crippen LogP contribution in [0.1, 0.15) is 32.1 Å². The normalized spacial score (nSPS) is 18.6. The highest BCUT2D eigenvalue weighted by atomic mass is 16.4. The lowest BCUT2D eigenvalue weighted by atomic mass is 9.90. The van der Waals surface area contributed by atoms with Crippen LogP contribution in [0.25, 0.3) is 0 Å². The quantitative estimate of drug-likeness (QED) is 0.462. The molecule has 0 heterocycles. The Kier molecular flexibility index (Phi) is 7.69. The zero-order valence-corrected chi connectivity index (χ0v) is 10.2. The van der Waals surface area contributed by atoms with Crippen molar-refractivity contribution in [3.63, 3.8) is 0 Å². The SMILES string of the molecule is O=C(O)C(O)C(O)C(=O)O.O=C(O)C1CCCCC1. The highest BCUT2D eigenvalue weighted by Gasteiger charge is 2.29. The summed E-state index contributed by atoms with van der Waals surface area (Å²) < 4.78 is 0. The van der Waals surface area contributed by atoms with Crippen molar-refractivity contribution in [2.45, 2.75) is 44.3 Å². The lowest BCUT2D eigenvalue weighted by molar-refractivity contribution is -0.165. The molecule has 2 atom stereocenters. The van der Waals surface area contributed by atoms with Crippen molar-refractivity contribution in [3.05, 3.63) is 0 Å². The minimum Gasteiger partial charge on any atom is -0.481 e. The molecule has 5 N–H and O–H groups in total. The van der Waals surface area contributed by atoms with Crippen LogP contribution in [0.4, 0.5) is 0 Å². The highest BCUT2D eigenvalue weighted by Crippen LogP contribution is 2.23. The Morgan fingerprint density at radius 3 is 1.37 bits per heavy atom. The van der Waals surface area contributed by atoms with Gasteiger partial charge in [-0.2, -0.15) is 0 Å². The van der Waals surface area contributed by atoms with Crippen LogP contribution in [-0.4, -0.2) is 55.6 Å². The Bertz CT molecular complexity index is 303. The number of carboxylic acids is 3. The van der Waals surface area contributed by atoms with Crippen LogP contribution in [0.2, 0.25) is 0 Å². The third kappa shape index (κ3) is 6.73. The van der Waals surface area contributed by atoms with Gasteiger partial charge in [-0.05, 0) is 12.8 Å². The summed E-state index contributed by atoms with van der Waals surface area (Å²) in [4.78, 5) is 29.9. The van der Waals surface area contributed by atoms with E-state index in [1.54, 1.807) is 0 Å². The van der Waals surface area contributed by atoms with Gasteiger partial charge in [0.05, 0.1) is 5.92 Å². The number of hydrogen-bond donors (Lipinski definition) is 5. The van der Waals surface area contributed by atoms with Gasteiger partial charge in [0.25, 0.3) is 0 Å². The molecule has 1 aliphatic carbocycles. The van der Waals surface area contributed by atoms with E-state index in [0.29, 0.717) is 0 Å². The van der Waals surface area contributed by atoms with Crippen molar-refractivity contribution in [2.75, 3.05) is 0 Å². The van der Waals surface area contributed by atoms with Gasteiger partial charge in [0.15, 0.2) is 12.2 Å². The topological polar surface area (TPSA) is 152 Å². The van der Waals surface area contributed by atoms with Gasteiger partial charge in [0.2, 0.25) is 0 Å². The van der Waals surface area contributed by atoms with Crippen LogP contribution in [0.5, 0.6) is 0 Å². The molecular formula is C11H18O8. The smallest absolute Gasteiger partial charge is 0.335 e. The molecule has 0 spiro atoms. The van der Waals surface area contributed by atoms with Crippen LogP contribution >= 0.6 is 0 Å². The molecule has 0 aliphatic heterocycles. The average Bonchev–Trinajstić information content (AvgIpc) is 2.38. The fraction of sp³-hybridized carbons (Fsp3) is 0.727. The lowest BCUT2D eigenvalue weighted by Crippen LogP contribution is -2.39. The zero-order chi connectivity index (χ0) is 15.0. The van der Waals surface area contributed by atoms with Crippen LogP contribution in [0.15, 0.2) is 0 Å². The summed E-state index contributed by atoms with van der Waals surface area (Å²) in [6, 6.07) is 0. The molecule has 1 fully saturated rings. The molecule has 0 amide bonds. The van der Waals surface area contributed by atoms with Crippen LogP contribution < -0.4 is 0 Å². The van der Waals surface area contributed by atoms with Crippen molar-refractivity contribution in [1.29, 1.82) is 0 Å². The number of carboxylic acid groups (broad SMARTS) is 3. The predicted octanol–water partition coefficient (Wildman–Crippen LogP) is -0.471. The summed E-state index contributed by atoms with van der Waals surface area (Å²) in [5.74, 6) is -4.17. The van der Waals surface area contributed by atoms with Gasteiger partial charge in [-0.1, -0.05) is 19.3 Å². The van der Waals surface area contributed by atoms with E-state index in [1.165, 1.54) is 6.42 Å². The van der Waals surface area contributed by atoms with E-state index >= 15 is 0 Å². The van der Waals surface area contributed by atoms with Crippen LogP contribution in [0, 0.1) is 5.92 Å². The summed E-state index contributed by atoms with van der Waals surface area (Å²) in [6.07, 6.45) is 0.706. The molecule has 0 aromatic rings. The number of hydrogen-bond acceptors (Lipinski definition) is 5. The van der Waals surface area contributed by atoms with E-state index in [9.17, 15) is 14.4 Å². The summed E-state index contributed by atoms with van der Waals surface area (Å²) in [5, 5.41) is 41.1. The van der Waals surface area contributed by atoms with Gasteiger partial charge in [0.1, 0.15) is 0 Å². The van der Waals surface area contributed by atoms with Gasteiger partial charge >= 0.3 is 17.9 Å². The van der Waals surface area contributed by atoms with E-state index < -0.39 is 30.1 Å². The number of rotatable bonds is 4. The molecule has 2 unspecified atom stereocenters. The summed E-state index contributed by atoms with van der Waals surface area (Å²) in [5.41, 5.74) is 0. The molecule has 1 saturated carbocycles. The molecule has 0 aromatic carbocycles. The molecule has 0 bridgehead atoms. The van der Waals surface area contributed by atoms with E-state index in [-0.39, 0.29) is 5.92 Å². The van der Waals surface area contributed by atoms with Crippen molar-refractivity contribution in [2.24, 2.45) is 5.92 Å². The number of aliphatic hydroxyl groups excluding tert-OH is 2. The Morgan fingerprint density at radius 1 is 0.789 bits per heavy atom. The van der Waals surface area contributed by atoms with E-state index in [2.05, 4.69) is 0 Å². The molecule has 0 radical (unpaired) electrons. The summed E-state index contributed by atoms with van der Waals surface area (Å²) >= 11 is 0. The van der Waals surface area contributed by atoms with E-state index in [0.717, 1.165) is 25.7 Å². The predicted molar refractivity (Wildman–Crippen MR) is 61.5 cm³/mol. The zero-order valence-electron chi connectivity index (χ0n) is 10.2. The first-order valence-corrected chi connectivity index (χ1v) is 5.82. The first-order chi connectivity index (χ1) is 8.77. The standard InChI is InChI=1S/C7H12O2.C4H6O6/c8-7(9)6-4-2-1-3-5-6;5-1(3(7)8)2(6)4(9)10/h6H,1-5H2,(H,8,9);1-2,5-6H,(H,7,8)(H,9,10). The molecule has 0 saturated heterocycles. The Morgan fingerprint density at radius 2 is 1.16 bits per heavy atom. The second kappa shape index (κ2) is 8.44. The van der Waals surface area contributed by atoms with Gasteiger partial charge in [-0.25, -0.2) is 9.59 Å². The second-order valence-electron chi connectivity index (χ2n) is 4.24. The average molecular weight is 278 g/mol. The van der Waals surface area contributed by atoms with Crippen LogP contribution in [0.3, 0.4) is 0 Å².